The summed E-state index contributed by atoms with van der Waals surface area (Å²) in [5.74, 6) is 1.51. The Morgan fingerprint density at radius 1 is 0.897 bits per heavy atom. The van der Waals surface area contributed by atoms with Crippen LogP contribution in [0.4, 0.5) is 0 Å². The Labute approximate surface area is 167 Å². The summed E-state index contributed by atoms with van der Waals surface area (Å²) >= 11 is 0. The number of carbonyl (C=O) groups excluding carboxylic acids is 1. The van der Waals surface area contributed by atoms with E-state index in [4.69, 9.17) is 9.47 Å². The fourth-order valence-electron chi connectivity index (χ4n) is 4.69. The zero-order valence-corrected chi connectivity index (χ0v) is 16.0. The van der Waals surface area contributed by atoms with Crippen LogP contribution in [0.15, 0.2) is 48.5 Å². The van der Waals surface area contributed by atoms with Gasteiger partial charge in [0.05, 0.1) is 18.4 Å². The molecule has 6 heteroatoms. The topological polar surface area (TPSA) is 80.9 Å². The summed E-state index contributed by atoms with van der Waals surface area (Å²) < 4.78 is 11.9. The third-order valence-corrected chi connectivity index (χ3v) is 6.08. The normalized spacial score (nSPS) is 19.2. The molecular weight excluding hydrogens is 370 g/mol. The molecule has 2 aromatic carbocycles. The summed E-state index contributed by atoms with van der Waals surface area (Å²) in [6, 6.07) is 13.4. The van der Waals surface area contributed by atoms with Gasteiger partial charge in [-0.05, 0) is 79.6 Å². The lowest BCUT2D eigenvalue weighted by molar-refractivity contribution is 0.0734. The Morgan fingerprint density at radius 3 is 2.00 bits per heavy atom. The van der Waals surface area contributed by atoms with Crippen molar-refractivity contribution in [2.75, 3.05) is 7.11 Å². The van der Waals surface area contributed by atoms with Gasteiger partial charge in [0, 0.05) is 11.1 Å². The van der Waals surface area contributed by atoms with Gasteiger partial charge in [-0.3, -0.25) is 4.57 Å². The lowest BCUT2D eigenvalue weighted by Crippen LogP contribution is -2.08. The van der Waals surface area contributed by atoms with E-state index in [1.807, 2.05) is 0 Å². The molecule has 2 aliphatic rings. The maximum Gasteiger partial charge on any atom is 0.343 e. The molecule has 0 saturated heterocycles. The molecular formula is C23H21NO5. The Morgan fingerprint density at radius 2 is 1.45 bits per heavy atom. The van der Waals surface area contributed by atoms with Crippen molar-refractivity contribution < 1.29 is 24.5 Å². The molecule has 1 fully saturated rings. The van der Waals surface area contributed by atoms with Crippen molar-refractivity contribution >= 4 is 5.97 Å². The van der Waals surface area contributed by atoms with Crippen molar-refractivity contribution in [3.63, 3.8) is 0 Å². The zero-order valence-electron chi connectivity index (χ0n) is 16.0. The first-order valence-electron chi connectivity index (χ1n) is 9.70. The number of aromatic hydroxyl groups is 2. The quantitative estimate of drug-likeness (QED) is 0.506. The highest BCUT2D eigenvalue weighted by atomic mass is 16.5. The van der Waals surface area contributed by atoms with E-state index in [1.165, 1.54) is 4.57 Å². The molecule has 3 aromatic rings. The minimum absolute atomic E-state index is 0.109. The van der Waals surface area contributed by atoms with E-state index in [1.54, 1.807) is 55.6 Å². The number of hydrogen-bond acceptors (Lipinski definition) is 5. The second-order valence-corrected chi connectivity index (χ2v) is 7.63. The van der Waals surface area contributed by atoms with Crippen LogP contribution < -0.4 is 9.47 Å². The first-order valence-corrected chi connectivity index (χ1v) is 9.70. The smallest absolute Gasteiger partial charge is 0.343 e. The standard InChI is InChI=1S/C23H21NO5/c1-28-17-8-10-18(11-9-17)29-23(27)13-4-6-16(7-5-13)24-21(25)19-14-2-3-15(12-14)20(19)22(24)26/h4-11,14-15,25-26H,2-3,12H2,1H3. The van der Waals surface area contributed by atoms with Gasteiger partial charge in [-0.25, -0.2) is 4.79 Å². The highest BCUT2D eigenvalue weighted by Gasteiger charge is 2.44. The molecule has 2 aliphatic carbocycles. The van der Waals surface area contributed by atoms with Gasteiger partial charge in [0.25, 0.3) is 0 Å². The molecule has 2 unspecified atom stereocenters. The highest BCUT2D eigenvalue weighted by molar-refractivity contribution is 5.91. The summed E-state index contributed by atoms with van der Waals surface area (Å²) in [4.78, 5) is 12.4. The molecule has 148 valence electrons. The van der Waals surface area contributed by atoms with Crippen LogP contribution in [0.5, 0.6) is 23.3 Å². The Kier molecular flexibility index (Phi) is 4.01. The molecule has 1 saturated carbocycles. The van der Waals surface area contributed by atoms with Crippen LogP contribution in [-0.4, -0.2) is 27.9 Å². The van der Waals surface area contributed by atoms with Gasteiger partial charge in [-0.15, -0.1) is 0 Å². The van der Waals surface area contributed by atoms with Gasteiger partial charge < -0.3 is 19.7 Å². The summed E-state index contributed by atoms with van der Waals surface area (Å²) in [5.41, 5.74) is 2.77. The first kappa shape index (κ1) is 17.7. The van der Waals surface area contributed by atoms with E-state index in [0.717, 1.165) is 30.4 Å². The predicted molar refractivity (Wildman–Crippen MR) is 106 cm³/mol. The Bertz CT molecular complexity index is 1050. The van der Waals surface area contributed by atoms with Crippen LogP contribution in [0.1, 0.15) is 52.6 Å². The van der Waals surface area contributed by atoms with E-state index >= 15 is 0 Å². The number of hydrogen-bond donors (Lipinski definition) is 2. The summed E-state index contributed by atoms with van der Waals surface area (Å²) in [6.07, 6.45) is 3.14. The van der Waals surface area contributed by atoms with Gasteiger partial charge in [0.1, 0.15) is 11.5 Å². The minimum Gasteiger partial charge on any atom is -0.497 e. The van der Waals surface area contributed by atoms with Crippen LogP contribution in [0.2, 0.25) is 0 Å². The summed E-state index contributed by atoms with van der Waals surface area (Å²) in [5, 5.41) is 21.4. The highest BCUT2D eigenvalue weighted by Crippen LogP contribution is 2.60. The van der Waals surface area contributed by atoms with Crippen LogP contribution in [0.25, 0.3) is 5.69 Å². The largest absolute Gasteiger partial charge is 0.497 e. The van der Waals surface area contributed by atoms with Crippen LogP contribution in [0, 0.1) is 0 Å². The maximum atomic E-state index is 12.4. The molecule has 29 heavy (non-hydrogen) atoms. The fraction of sp³-hybridized carbons (Fsp3) is 0.261. The van der Waals surface area contributed by atoms with Crippen molar-refractivity contribution in [2.24, 2.45) is 0 Å². The third kappa shape index (κ3) is 2.75. The van der Waals surface area contributed by atoms with Crippen molar-refractivity contribution in [2.45, 2.75) is 31.1 Å². The van der Waals surface area contributed by atoms with E-state index in [0.29, 0.717) is 34.6 Å². The molecule has 0 amide bonds. The van der Waals surface area contributed by atoms with Gasteiger partial charge in [0.15, 0.2) is 0 Å². The number of rotatable bonds is 4. The van der Waals surface area contributed by atoms with Crippen LogP contribution in [0.3, 0.4) is 0 Å². The second kappa shape index (κ2) is 6.58. The molecule has 2 atom stereocenters. The van der Waals surface area contributed by atoms with E-state index in [2.05, 4.69) is 0 Å². The average Bonchev–Trinajstić information content (AvgIpc) is 3.42. The monoisotopic (exact) mass is 391 g/mol. The third-order valence-electron chi connectivity index (χ3n) is 6.08. The molecule has 6 nitrogen and oxygen atoms in total. The molecule has 2 N–H and O–H groups in total. The van der Waals surface area contributed by atoms with Crippen molar-refractivity contribution in [1.29, 1.82) is 0 Å². The Hall–Kier alpha value is -3.41. The molecule has 2 bridgehead atoms. The SMILES string of the molecule is COc1ccc(OC(=O)c2ccc(-n3c(O)c4c(c3O)C3CCC4C3)cc2)cc1. The van der Waals surface area contributed by atoms with Gasteiger partial charge >= 0.3 is 5.97 Å². The number of carbonyl (C=O) groups is 1. The summed E-state index contributed by atoms with van der Waals surface area (Å²) in [6.45, 7) is 0. The van der Waals surface area contributed by atoms with Crippen molar-refractivity contribution in [1.82, 2.24) is 4.57 Å². The minimum atomic E-state index is -0.483. The number of esters is 1. The second-order valence-electron chi connectivity index (χ2n) is 7.63. The van der Waals surface area contributed by atoms with E-state index in [-0.39, 0.29) is 11.8 Å². The van der Waals surface area contributed by atoms with E-state index < -0.39 is 5.97 Å². The van der Waals surface area contributed by atoms with E-state index in [9.17, 15) is 15.0 Å². The number of fused-ring (bicyclic) bond motifs is 5. The Balaban J connectivity index is 1.39. The molecule has 0 radical (unpaired) electrons. The first-order chi connectivity index (χ1) is 14.1. The number of nitrogens with zero attached hydrogens (tertiary/aromatic N) is 1. The lowest BCUT2D eigenvalue weighted by Gasteiger charge is -2.10. The summed E-state index contributed by atoms with van der Waals surface area (Å²) in [7, 11) is 1.57. The van der Waals surface area contributed by atoms with Gasteiger partial charge in [-0.1, -0.05) is 0 Å². The van der Waals surface area contributed by atoms with Gasteiger partial charge in [-0.2, -0.15) is 0 Å². The number of methoxy groups -OCH3 is 1. The fourth-order valence-corrected chi connectivity index (χ4v) is 4.69. The van der Waals surface area contributed by atoms with Gasteiger partial charge in [0.2, 0.25) is 11.8 Å². The zero-order chi connectivity index (χ0) is 20.1. The van der Waals surface area contributed by atoms with Crippen molar-refractivity contribution in [3.8, 4) is 28.9 Å². The predicted octanol–water partition coefficient (Wildman–Crippen LogP) is 4.48. The van der Waals surface area contributed by atoms with Crippen LogP contribution in [-0.2, 0) is 0 Å². The molecule has 0 spiro atoms. The molecule has 1 heterocycles. The number of benzene rings is 2. The molecule has 1 aromatic heterocycles. The molecule has 5 rings (SSSR count). The van der Waals surface area contributed by atoms with Crippen molar-refractivity contribution in [3.05, 3.63) is 65.2 Å². The average molecular weight is 391 g/mol. The number of ether oxygens (including phenoxy) is 2. The molecule has 0 aliphatic heterocycles. The van der Waals surface area contributed by atoms with Crippen LogP contribution >= 0.6 is 0 Å². The lowest BCUT2D eigenvalue weighted by atomic mass is 9.95. The maximum absolute atomic E-state index is 12.4. The number of aromatic nitrogens is 1.